The fraction of sp³-hybridized carbons (Fsp3) is 0.417. The van der Waals surface area contributed by atoms with Crippen molar-refractivity contribution in [1.82, 2.24) is 0 Å². The summed E-state index contributed by atoms with van der Waals surface area (Å²) in [6.45, 7) is 2.49. The van der Waals surface area contributed by atoms with E-state index >= 15 is 0 Å². The Morgan fingerprint density at radius 1 is 1.44 bits per heavy atom. The van der Waals surface area contributed by atoms with E-state index < -0.39 is 5.97 Å². The second-order valence-corrected chi connectivity index (χ2v) is 3.76. The summed E-state index contributed by atoms with van der Waals surface area (Å²) in [6.07, 6.45) is 1.49. The monoisotopic (exact) mass is 225 g/mol. The summed E-state index contributed by atoms with van der Waals surface area (Å²) < 4.78 is 13.3. The molecular weight excluding hydrogens is 209 g/mol. The predicted octanol–water partition coefficient (Wildman–Crippen LogP) is 2.80. The Labute approximate surface area is 94.3 Å². The standard InChI is InChI=1S/C12H16FNO2/c1-9-5-6-10(13)11(8-9)14-7-3-2-4-12(15)16/h5-6,8,14H,2-4,7H2,1H3,(H,15,16). The van der Waals surface area contributed by atoms with Gasteiger partial charge in [0.05, 0.1) is 5.69 Å². The van der Waals surface area contributed by atoms with Crippen molar-refractivity contribution in [1.29, 1.82) is 0 Å². The molecule has 0 aliphatic carbocycles. The molecule has 0 amide bonds. The third-order valence-electron chi connectivity index (χ3n) is 2.25. The number of benzene rings is 1. The quantitative estimate of drug-likeness (QED) is 0.732. The van der Waals surface area contributed by atoms with Crippen molar-refractivity contribution < 1.29 is 14.3 Å². The first-order valence-electron chi connectivity index (χ1n) is 5.31. The molecule has 1 rings (SSSR count). The number of aryl methyl sites for hydroxylation is 1. The van der Waals surface area contributed by atoms with E-state index in [-0.39, 0.29) is 12.2 Å². The van der Waals surface area contributed by atoms with E-state index in [1.165, 1.54) is 6.07 Å². The molecule has 0 aromatic heterocycles. The number of anilines is 1. The Balaban J connectivity index is 2.31. The number of hydrogen-bond donors (Lipinski definition) is 2. The van der Waals surface area contributed by atoms with Crippen molar-refractivity contribution in [3.8, 4) is 0 Å². The van der Waals surface area contributed by atoms with Crippen molar-refractivity contribution in [3.05, 3.63) is 29.6 Å². The molecule has 0 heterocycles. The van der Waals surface area contributed by atoms with Gasteiger partial charge in [0.2, 0.25) is 0 Å². The number of rotatable bonds is 6. The molecule has 0 saturated heterocycles. The molecule has 0 bridgehead atoms. The molecule has 1 aromatic rings. The van der Waals surface area contributed by atoms with Crippen LogP contribution in [0, 0.1) is 12.7 Å². The molecule has 0 spiro atoms. The maximum atomic E-state index is 13.3. The van der Waals surface area contributed by atoms with Gasteiger partial charge in [0.1, 0.15) is 5.82 Å². The number of unbranched alkanes of at least 4 members (excludes halogenated alkanes) is 1. The van der Waals surface area contributed by atoms with Crippen LogP contribution in [0.15, 0.2) is 18.2 Å². The second-order valence-electron chi connectivity index (χ2n) is 3.76. The van der Waals surface area contributed by atoms with Crippen LogP contribution in [0.3, 0.4) is 0 Å². The fourth-order valence-electron chi connectivity index (χ4n) is 1.40. The van der Waals surface area contributed by atoms with Crippen LogP contribution in [0.25, 0.3) is 0 Å². The average molecular weight is 225 g/mol. The van der Waals surface area contributed by atoms with Gasteiger partial charge in [-0.15, -0.1) is 0 Å². The van der Waals surface area contributed by atoms with Gasteiger partial charge in [-0.2, -0.15) is 0 Å². The largest absolute Gasteiger partial charge is 0.481 e. The molecule has 4 heteroatoms. The molecule has 3 nitrogen and oxygen atoms in total. The van der Waals surface area contributed by atoms with E-state index in [9.17, 15) is 9.18 Å². The lowest BCUT2D eigenvalue weighted by molar-refractivity contribution is -0.137. The maximum Gasteiger partial charge on any atom is 0.303 e. The number of nitrogens with one attached hydrogen (secondary N) is 1. The van der Waals surface area contributed by atoms with E-state index in [1.54, 1.807) is 12.1 Å². The number of carbonyl (C=O) groups is 1. The van der Waals surface area contributed by atoms with Gasteiger partial charge in [0, 0.05) is 13.0 Å². The summed E-state index contributed by atoms with van der Waals surface area (Å²) >= 11 is 0. The minimum absolute atomic E-state index is 0.165. The van der Waals surface area contributed by atoms with Gasteiger partial charge in [-0.25, -0.2) is 4.39 Å². The van der Waals surface area contributed by atoms with Crippen LogP contribution in [0.4, 0.5) is 10.1 Å². The van der Waals surface area contributed by atoms with Crippen molar-refractivity contribution in [2.45, 2.75) is 26.2 Å². The van der Waals surface area contributed by atoms with Gasteiger partial charge in [-0.3, -0.25) is 4.79 Å². The molecule has 2 N–H and O–H groups in total. The Morgan fingerprint density at radius 2 is 2.19 bits per heavy atom. The first-order valence-corrected chi connectivity index (χ1v) is 5.31. The van der Waals surface area contributed by atoms with E-state index in [0.717, 1.165) is 12.0 Å². The molecule has 0 aliphatic heterocycles. The molecule has 0 radical (unpaired) electrons. The van der Waals surface area contributed by atoms with Gasteiger partial charge in [0.15, 0.2) is 0 Å². The Kier molecular flexibility index (Phi) is 4.76. The highest BCUT2D eigenvalue weighted by molar-refractivity contribution is 5.66. The van der Waals surface area contributed by atoms with Crippen LogP contribution in [-0.4, -0.2) is 17.6 Å². The second kappa shape index (κ2) is 6.10. The molecule has 16 heavy (non-hydrogen) atoms. The number of aliphatic carboxylic acids is 1. The first kappa shape index (κ1) is 12.5. The highest BCUT2D eigenvalue weighted by atomic mass is 19.1. The highest BCUT2D eigenvalue weighted by Gasteiger charge is 2.01. The van der Waals surface area contributed by atoms with Crippen LogP contribution < -0.4 is 5.32 Å². The van der Waals surface area contributed by atoms with E-state index in [1.807, 2.05) is 6.92 Å². The summed E-state index contributed by atoms with van der Waals surface area (Å²) in [4.78, 5) is 10.3. The Bertz CT molecular complexity index is 366. The first-order chi connectivity index (χ1) is 7.59. The zero-order valence-corrected chi connectivity index (χ0v) is 9.29. The minimum Gasteiger partial charge on any atom is -0.481 e. The Morgan fingerprint density at radius 3 is 2.88 bits per heavy atom. The van der Waals surface area contributed by atoms with Gasteiger partial charge >= 0.3 is 5.97 Å². The smallest absolute Gasteiger partial charge is 0.303 e. The summed E-state index contributed by atoms with van der Waals surface area (Å²) in [7, 11) is 0. The lowest BCUT2D eigenvalue weighted by Crippen LogP contribution is -2.04. The van der Waals surface area contributed by atoms with Crippen LogP contribution in [0.5, 0.6) is 0 Å². The predicted molar refractivity (Wildman–Crippen MR) is 61.1 cm³/mol. The van der Waals surface area contributed by atoms with Crippen molar-refractivity contribution in [3.63, 3.8) is 0 Å². The zero-order chi connectivity index (χ0) is 12.0. The zero-order valence-electron chi connectivity index (χ0n) is 9.29. The van der Waals surface area contributed by atoms with Crippen LogP contribution in [-0.2, 0) is 4.79 Å². The van der Waals surface area contributed by atoms with Crippen molar-refractivity contribution in [2.24, 2.45) is 0 Å². The van der Waals surface area contributed by atoms with Crippen LogP contribution >= 0.6 is 0 Å². The molecule has 1 aromatic carbocycles. The topological polar surface area (TPSA) is 49.3 Å². The fourth-order valence-corrected chi connectivity index (χ4v) is 1.40. The van der Waals surface area contributed by atoms with Crippen LogP contribution in [0.1, 0.15) is 24.8 Å². The normalized spacial score (nSPS) is 10.1. The maximum absolute atomic E-state index is 13.3. The number of hydrogen-bond acceptors (Lipinski definition) is 2. The average Bonchev–Trinajstić information content (AvgIpc) is 2.22. The number of carboxylic acids is 1. The van der Waals surface area contributed by atoms with E-state index in [2.05, 4.69) is 5.32 Å². The van der Waals surface area contributed by atoms with Gasteiger partial charge in [-0.05, 0) is 37.5 Å². The summed E-state index contributed by atoms with van der Waals surface area (Å²) in [5, 5.41) is 11.4. The molecular formula is C12H16FNO2. The summed E-state index contributed by atoms with van der Waals surface area (Å²) in [6, 6.07) is 4.88. The SMILES string of the molecule is Cc1ccc(F)c(NCCCCC(=O)O)c1. The molecule has 88 valence electrons. The minimum atomic E-state index is -0.790. The van der Waals surface area contributed by atoms with E-state index in [0.29, 0.717) is 18.7 Å². The molecule has 0 atom stereocenters. The molecule has 0 saturated carbocycles. The Hall–Kier alpha value is -1.58. The molecule has 0 fully saturated rings. The van der Waals surface area contributed by atoms with E-state index in [4.69, 9.17) is 5.11 Å². The molecule has 0 aliphatic rings. The van der Waals surface area contributed by atoms with Crippen LogP contribution in [0.2, 0.25) is 0 Å². The van der Waals surface area contributed by atoms with Crippen molar-refractivity contribution >= 4 is 11.7 Å². The third kappa shape index (κ3) is 4.29. The lowest BCUT2D eigenvalue weighted by atomic mass is 10.2. The summed E-state index contributed by atoms with van der Waals surface area (Å²) in [5.41, 5.74) is 1.48. The number of carboxylic acid groups (broad SMARTS) is 1. The van der Waals surface area contributed by atoms with Gasteiger partial charge in [-0.1, -0.05) is 6.07 Å². The van der Waals surface area contributed by atoms with Gasteiger partial charge in [0.25, 0.3) is 0 Å². The van der Waals surface area contributed by atoms with Gasteiger partial charge < -0.3 is 10.4 Å². The number of halogens is 1. The van der Waals surface area contributed by atoms with Crippen molar-refractivity contribution in [2.75, 3.05) is 11.9 Å². The molecule has 0 unspecified atom stereocenters. The third-order valence-corrected chi connectivity index (χ3v) is 2.25. The summed E-state index contributed by atoms with van der Waals surface area (Å²) in [5.74, 6) is -1.06. The lowest BCUT2D eigenvalue weighted by Gasteiger charge is -2.07. The highest BCUT2D eigenvalue weighted by Crippen LogP contribution is 2.15.